The first-order chi connectivity index (χ1) is 13.0. The molecule has 1 aliphatic carbocycles. The summed E-state index contributed by atoms with van der Waals surface area (Å²) < 4.78 is 10.5. The zero-order valence-corrected chi connectivity index (χ0v) is 15.4. The van der Waals surface area contributed by atoms with Crippen LogP contribution in [0.4, 0.5) is 5.69 Å². The molecule has 0 heterocycles. The number of methoxy groups -OCH3 is 1. The number of amides is 2. The molecule has 0 bridgehead atoms. The summed E-state index contributed by atoms with van der Waals surface area (Å²) >= 11 is 0. The van der Waals surface area contributed by atoms with Gasteiger partial charge in [-0.15, -0.1) is 0 Å². The fraction of sp³-hybridized carbons (Fsp3) is 0.333. The summed E-state index contributed by atoms with van der Waals surface area (Å²) in [4.78, 5) is 23.4. The maximum absolute atomic E-state index is 12.4. The van der Waals surface area contributed by atoms with Gasteiger partial charge in [0.2, 0.25) is 5.91 Å². The maximum atomic E-state index is 12.4. The molecule has 0 saturated heterocycles. The van der Waals surface area contributed by atoms with Crippen LogP contribution in [0.5, 0.6) is 11.5 Å². The predicted octanol–water partition coefficient (Wildman–Crippen LogP) is 2.62. The molecule has 0 aliphatic heterocycles. The largest absolute Gasteiger partial charge is 0.493 e. The number of nitrogens with one attached hydrogen (secondary N) is 1. The van der Waals surface area contributed by atoms with Crippen molar-refractivity contribution in [2.45, 2.75) is 32.1 Å². The fourth-order valence-corrected chi connectivity index (χ4v) is 3.30. The van der Waals surface area contributed by atoms with E-state index in [0.717, 1.165) is 18.4 Å². The standard InChI is InChI=1S/C21H24N2O4/c1-26-18-9-8-17(12-19(18)27-13-20(22)24)23-21(25)11-14-6-7-15-4-2-3-5-16(15)10-14/h6-10,12H,2-5,11,13H2,1H3,(H2,22,24)(H,23,25). The van der Waals surface area contributed by atoms with Gasteiger partial charge in [-0.1, -0.05) is 18.2 Å². The van der Waals surface area contributed by atoms with E-state index in [2.05, 4.69) is 17.4 Å². The van der Waals surface area contributed by atoms with Crippen LogP contribution in [0.3, 0.4) is 0 Å². The van der Waals surface area contributed by atoms with E-state index in [9.17, 15) is 9.59 Å². The van der Waals surface area contributed by atoms with Crippen LogP contribution in [0.15, 0.2) is 36.4 Å². The predicted molar refractivity (Wildman–Crippen MR) is 103 cm³/mol. The molecule has 2 aromatic carbocycles. The molecule has 3 rings (SSSR count). The third kappa shape index (κ3) is 5.00. The van der Waals surface area contributed by atoms with Crippen molar-refractivity contribution in [1.82, 2.24) is 0 Å². The van der Waals surface area contributed by atoms with E-state index < -0.39 is 5.91 Å². The second-order valence-corrected chi connectivity index (χ2v) is 6.66. The number of primary amides is 1. The Bertz CT molecular complexity index is 848. The number of hydrogen-bond acceptors (Lipinski definition) is 4. The van der Waals surface area contributed by atoms with Gasteiger partial charge in [0, 0.05) is 11.8 Å². The van der Waals surface area contributed by atoms with E-state index in [1.807, 2.05) is 6.07 Å². The molecule has 0 radical (unpaired) electrons. The number of carbonyl (C=O) groups excluding carboxylic acids is 2. The van der Waals surface area contributed by atoms with Gasteiger partial charge in [0.15, 0.2) is 18.1 Å². The minimum atomic E-state index is -0.584. The average molecular weight is 368 g/mol. The van der Waals surface area contributed by atoms with Crippen LogP contribution in [0.2, 0.25) is 0 Å². The number of nitrogens with two attached hydrogens (primary N) is 1. The minimum Gasteiger partial charge on any atom is -0.493 e. The lowest BCUT2D eigenvalue weighted by Gasteiger charge is -2.16. The van der Waals surface area contributed by atoms with Crippen molar-refractivity contribution in [2.24, 2.45) is 5.73 Å². The number of rotatable bonds is 7. The lowest BCUT2D eigenvalue weighted by atomic mass is 9.90. The molecule has 6 heteroatoms. The number of aryl methyl sites for hydroxylation is 2. The first-order valence-corrected chi connectivity index (χ1v) is 9.05. The fourth-order valence-electron chi connectivity index (χ4n) is 3.30. The zero-order valence-electron chi connectivity index (χ0n) is 15.4. The zero-order chi connectivity index (χ0) is 19.2. The van der Waals surface area contributed by atoms with Crippen molar-refractivity contribution < 1.29 is 19.1 Å². The lowest BCUT2D eigenvalue weighted by Crippen LogP contribution is -2.20. The van der Waals surface area contributed by atoms with Crippen LogP contribution in [-0.4, -0.2) is 25.5 Å². The van der Waals surface area contributed by atoms with Gasteiger partial charge in [-0.2, -0.15) is 0 Å². The highest BCUT2D eigenvalue weighted by Crippen LogP contribution is 2.30. The van der Waals surface area contributed by atoms with Crippen molar-refractivity contribution in [1.29, 1.82) is 0 Å². The van der Waals surface area contributed by atoms with E-state index in [1.165, 1.54) is 31.1 Å². The monoisotopic (exact) mass is 368 g/mol. The van der Waals surface area contributed by atoms with Crippen LogP contribution < -0.4 is 20.5 Å². The van der Waals surface area contributed by atoms with Crippen molar-refractivity contribution in [3.05, 3.63) is 53.1 Å². The first kappa shape index (κ1) is 18.8. The molecule has 0 aromatic heterocycles. The summed E-state index contributed by atoms with van der Waals surface area (Å²) in [5.41, 5.74) is 9.44. The Hall–Kier alpha value is -3.02. The number of benzene rings is 2. The number of hydrogen-bond donors (Lipinski definition) is 2. The van der Waals surface area contributed by atoms with E-state index in [1.54, 1.807) is 18.2 Å². The van der Waals surface area contributed by atoms with Gasteiger partial charge in [0.25, 0.3) is 5.91 Å². The highest BCUT2D eigenvalue weighted by atomic mass is 16.5. The summed E-state index contributed by atoms with van der Waals surface area (Å²) in [5.74, 6) is 0.113. The van der Waals surface area contributed by atoms with Gasteiger partial charge < -0.3 is 20.5 Å². The number of ether oxygens (including phenoxy) is 2. The lowest BCUT2D eigenvalue weighted by molar-refractivity contribution is -0.120. The normalized spacial score (nSPS) is 12.8. The quantitative estimate of drug-likeness (QED) is 0.786. The Morgan fingerprint density at radius 3 is 2.56 bits per heavy atom. The number of fused-ring (bicyclic) bond motifs is 1. The van der Waals surface area contributed by atoms with E-state index in [4.69, 9.17) is 15.2 Å². The van der Waals surface area contributed by atoms with Gasteiger partial charge in [-0.3, -0.25) is 9.59 Å². The molecule has 3 N–H and O–H groups in total. The molecular formula is C21H24N2O4. The van der Waals surface area contributed by atoms with Crippen LogP contribution in [0, 0.1) is 0 Å². The Labute approximate surface area is 158 Å². The number of anilines is 1. The van der Waals surface area contributed by atoms with E-state index >= 15 is 0 Å². The third-order valence-electron chi connectivity index (χ3n) is 4.59. The van der Waals surface area contributed by atoms with E-state index in [-0.39, 0.29) is 12.5 Å². The average Bonchev–Trinajstić information content (AvgIpc) is 2.66. The van der Waals surface area contributed by atoms with Crippen molar-refractivity contribution in [3.63, 3.8) is 0 Å². The Morgan fingerprint density at radius 1 is 1.04 bits per heavy atom. The Morgan fingerprint density at radius 2 is 1.81 bits per heavy atom. The molecule has 6 nitrogen and oxygen atoms in total. The van der Waals surface area contributed by atoms with Crippen molar-refractivity contribution in [3.8, 4) is 11.5 Å². The van der Waals surface area contributed by atoms with Gasteiger partial charge in [-0.25, -0.2) is 0 Å². The highest BCUT2D eigenvalue weighted by Gasteiger charge is 2.13. The van der Waals surface area contributed by atoms with Gasteiger partial charge in [-0.05, 0) is 54.5 Å². The molecule has 1 aliphatic rings. The van der Waals surface area contributed by atoms with Crippen LogP contribution in [0.1, 0.15) is 29.5 Å². The van der Waals surface area contributed by atoms with Crippen molar-refractivity contribution in [2.75, 3.05) is 19.0 Å². The SMILES string of the molecule is COc1ccc(NC(=O)Cc2ccc3c(c2)CCCC3)cc1OCC(N)=O. The van der Waals surface area contributed by atoms with Gasteiger partial charge in [0.05, 0.1) is 13.5 Å². The van der Waals surface area contributed by atoms with Crippen LogP contribution >= 0.6 is 0 Å². The molecule has 0 unspecified atom stereocenters. The minimum absolute atomic E-state index is 0.114. The molecule has 142 valence electrons. The summed E-state index contributed by atoms with van der Waals surface area (Å²) in [7, 11) is 1.50. The number of carbonyl (C=O) groups is 2. The van der Waals surface area contributed by atoms with Crippen LogP contribution in [-0.2, 0) is 28.9 Å². The second-order valence-electron chi connectivity index (χ2n) is 6.66. The Balaban J connectivity index is 1.66. The molecular weight excluding hydrogens is 344 g/mol. The summed E-state index contributed by atoms with van der Waals surface area (Å²) in [5, 5.41) is 2.86. The molecule has 0 fully saturated rings. The molecule has 0 atom stereocenters. The second kappa shape index (κ2) is 8.58. The van der Waals surface area contributed by atoms with Gasteiger partial charge in [0.1, 0.15) is 0 Å². The Kier molecular flexibility index (Phi) is 5.96. The molecule has 27 heavy (non-hydrogen) atoms. The summed E-state index contributed by atoms with van der Waals surface area (Å²) in [6.45, 7) is -0.261. The first-order valence-electron chi connectivity index (χ1n) is 9.05. The maximum Gasteiger partial charge on any atom is 0.255 e. The van der Waals surface area contributed by atoms with Gasteiger partial charge >= 0.3 is 0 Å². The smallest absolute Gasteiger partial charge is 0.255 e. The molecule has 0 spiro atoms. The summed E-state index contributed by atoms with van der Waals surface area (Å²) in [6, 6.07) is 11.3. The third-order valence-corrected chi connectivity index (χ3v) is 4.59. The topological polar surface area (TPSA) is 90.7 Å². The molecule has 2 amide bonds. The summed E-state index contributed by atoms with van der Waals surface area (Å²) in [6.07, 6.45) is 4.97. The van der Waals surface area contributed by atoms with Crippen molar-refractivity contribution >= 4 is 17.5 Å². The molecule has 0 saturated carbocycles. The molecule has 2 aromatic rings. The van der Waals surface area contributed by atoms with Crippen LogP contribution in [0.25, 0.3) is 0 Å². The van der Waals surface area contributed by atoms with E-state index in [0.29, 0.717) is 23.6 Å². The highest BCUT2D eigenvalue weighted by molar-refractivity contribution is 5.92.